The van der Waals surface area contributed by atoms with Gasteiger partial charge in [-0.2, -0.15) is 0 Å². The van der Waals surface area contributed by atoms with Gasteiger partial charge in [0.25, 0.3) is 0 Å². The topological polar surface area (TPSA) is 49.4 Å². The Morgan fingerprint density at radius 2 is 1.83 bits per heavy atom. The monoisotopic (exact) mass is 326 g/mol. The van der Waals surface area contributed by atoms with Crippen LogP contribution in [0.2, 0.25) is 0 Å². The van der Waals surface area contributed by atoms with Gasteiger partial charge in [0.05, 0.1) is 5.92 Å². The van der Waals surface area contributed by atoms with E-state index in [2.05, 4.69) is 5.32 Å². The van der Waals surface area contributed by atoms with Crippen molar-refractivity contribution in [2.24, 2.45) is 5.92 Å². The molecule has 1 aliphatic heterocycles. The standard InChI is InChI=1S/C19H19FN2O2/c1-13-2-4-14(5-3-13)11-21-19(24)15-10-18(23)22(12-15)17-8-6-16(20)7-9-17/h2-9,15H,10-12H2,1H3,(H,21,24). The normalized spacial score (nSPS) is 17.2. The lowest BCUT2D eigenvalue weighted by Crippen LogP contribution is -2.32. The van der Waals surface area contributed by atoms with Gasteiger partial charge in [0, 0.05) is 25.2 Å². The van der Waals surface area contributed by atoms with Gasteiger partial charge in [-0.25, -0.2) is 4.39 Å². The quantitative estimate of drug-likeness (QED) is 0.939. The Balaban J connectivity index is 1.59. The number of carbonyl (C=O) groups is 2. The van der Waals surface area contributed by atoms with Crippen molar-refractivity contribution in [1.29, 1.82) is 0 Å². The largest absolute Gasteiger partial charge is 0.352 e. The highest BCUT2D eigenvalue weighted by molar-refractivity contribution is 6.00. The molecule has 1 unspecified atom stereocenters. The highest BCUT2D eigenvalue weighted by Gasteiger charge is 2.34. The summed E-state index contributed by atoms with van der Waals surface area (Å²) in [6.45, 7) is 2.78. The fourth-order valence-corrected chi connectivity index (χ4v) is 2.79. The van der Waals surface area contributed by atoms with Gasteiger partial charge in [0.15, 0.2) is 0 Å². The molecule has 0 aromatic heterocycles. The number of amides is 2. The molecule has 2 aromatic carbocycles. The van der Waals surface area contributed by atoms with Crippen molar-refractivity contribution >= 4 is 17.5 Å². The Labute approximate surface area is 140 Å². The lowest BCUT2D eigenvalue weighted by molar-refractivity contribution is -0.126. The number of carbonyl (C=O) groups excluding carboxylic acids is 2. The fraction of sp³-hybridized carbons (Fsp3) is 0.263. The van der Waals surface area contributed by atoms with Gasteiger partial charge in [0.2, 0.25) is 11.8 Å². The molecular weight excluding hydrogens is 307 g/mol. The number of hydrogen-bond donors (Lipinski definition) is 1. The van der Waals surface area contributed by atoms with Crippen LogP contribution in [0.1, 0.15) is 17.5 Å². The van der Waals surface area contributed by atoms with Crippen LogP contribution in [0.15, 0.2) is 48.5 Å². The Morgan fingerprint density at radius 3 is 2.50 bits per heavy atom. The van der Waals surface area contributed by atoms with Crippen molar-refractivity contribution in [3.8, 4) is 0 Å². The van der Waals surface area contributed by atoms with E-state index in [9.17, 15) is 14.0 Å². The van der Waals surface area contributed by atoms with E-state index in [4.69, 9.17) is 0 Å². The summed E-state index contributed by atoms with van der Waals surface area (Å²) in [5.41, 5.74) is 2.81. The predicted octanol–water partition coefficient (Wildman–Crippen LogP) is 2.80. The summed E-state index contributed by atoms with van der Waals surface area (Å²) < 4.78 is 13.0. The Kier molecular flexibility index (Phi) is 4.60. The lowest BCUT2D eigenvalue weighted by Gasteiger charge is -2.16. The van der Waals surface area contributed by atoms with Crippen molar-refractivity contribution in [2.45, 2.75) is 19.9 Å². The molecule has 0 radical (unpaired) electrons. The summed E-state index contributed by atoms with van der Waals surface area (Å²) in [4.78, 5) is 26.0. The molecule has 0 aliphatic carbocycles. The second kappa shape index (κ2) is 6.83. The number of nitrogens with one attached hydrogen (secondary N) is 1. The van der Waals surface area contributed by atoms with Gasteiger partial charge >= 0.3 is 0 Å². The van der Waals surface area contributed by atoms with Crippen molar-refractivity contribution < 1.29 is 14.0 Å². The zero-order chi connectivity index (χ0) is 17.1. The molecule has 1 fully saturated rings. The van der Waals surface area contributed by atoms with Gasteiger partial charge < -0.3 is 10.2 Å². The maximum absolute atomic E-state index is 13.0. The Bertz CT molecular complexity index is 741. The summed E-state index contributed by atoms with van der Waals surface area (Å²) in [7, 11) is 0. The zero-order valence-corrected chi connectivity index (χ0v) is 13.5. The van der Waals surface area contributed by atoms with E-state index in [0.717, 1.165) is 5.56 Å². The van der Waals surface area contributed by atoms with E-state index in [0.29, 0.717) is 18.8 Å². The Hall–Kier alpha value is -2.69. The molecule has 0 saturated carbocycles. The van der Waals surface area contributed by atoms with E-state index < -0.39 is 0 Å². The van der Waals surface area contributed by atoms with E-state index in [1.54, 1.807) is 12.1 Å². The maximum atomic E-state index is 13.0. The molecular formula is C19H19FN2O2. The molecule has 1 aliphatic rings. The van der Waals surface area contributed by atoms with Crippen LogP contribution in [-0.2, 0) is 16.1 Å². The minimum Gasteiger partial charge on any atom is -0.352 e. The van der Waals surface area contributed by atoms with E-state index in [-0.39, 0.29) is 30.0 Å². The molecule has 1 N–H and O–H groups in total. The van der Waals surface area contributed by atoms with Crippen LogP contribution in [-0.4, -0.2) is 18.4 Å². The molecule has 1 saturated heterocycles. The van der Waals surface area contributed by atoms with Gasteiger partial charge in [-0.1, -0.05) is 29.8 Å². The molecule has 2 amide bonds. The van der Waals surface area contributed by atoms with Crippen molar-refractivity contribution in [2.75, 3.05) is 11.4 Å². The second-order valence-electron chi connectivity index (χ2n) is 6.09. The fourth-order valence-electron chi connectivity index (χ4n) is 2.79. The summed E-state index contributed by atoms with van der Waals surface area (Å²) in [6, 6.07) is 13.7. The van der Waals surface area contributed by atoms with Crippen molar-refractivity contribution in [3.63, 3.8) is 0 Å². The third kappa shape index (κ3) is 3.62. The summed E-state index contributed by atoms with van der Waals surface area (Å²) >= 11 is 0. The molecule has 124 valence electrons. The first-order chi connectivity index (χ1) is 11.5. The predicted molar refractivity (Wildman–Crippen MR) is 89.9 cm³/mol. The van der Waals surface area contributed by atoms with Crippen molar-refractivity contribution in [1.82, 2.24) is 5.32 Å². The Morgan fingerprint density at radius 1 is 1.17 bits per heavy atom. The first-order valence-corrected chi connectivity index (χ1v) is 7.92. The van der Waals surface area contributed by atoms with Crippen LogP contribution in [0.3, 0.4) is 0 Å². The van der Waals surface area contributed by atoms with Gasteiger partial charge in [0.1, 0.15) is 5.82 Å². The molecule has 2 aromatic rings. The highest BCUT2D eigenvalue weighted by atomic mass is 19.1. The average Bonchev–Trinajstić information content (AvgIpc) is 2.97. The zero-order valence-electron chi connectivity index (χ0n) is 13.5. The average molecular weight is 326 g/mol. The van der Waals surface area contributed by atoms with Crippen LogP contribution < -0.4 is 10.2 Å². The second-order valence-corrected chi connectivity index (χ2v) is 6.09. The third-order valence-electron chi connectivity index (χ3n) is 4.22. The number of benzene rings is 2. The van der Waals surface area contributed by atoms with Gasteiger partial charge in [-0.15, -0.1) is 0 Å². The van der Waals surface area contributed by atoms with E-state index in [1.165, 1.54) is 22.6 Å². The number of nitrogens with zero attached hydrogens (tertiary/aromatic N) is 1. The molecule has 4 nitrogen and oxygen atoms in total. The SMILES string of the molecule is Cc1ccc(CNC(=O)C2CC(=O)N(c3ccc(F)cc3)C2)cc1. The molecule has 5 heteroatoms. The van der Waals surface area contributed by atoms with Crippen LogP contribution in [0.25, 0.3) is 0 Å². The number of hydrogen-bond acceptors (Lipinski definition) is 2. The van der Waals surface area contributed by atoms with Crippen LogP contribution in [0.4, 0.5) is 10.1 Å². The number of rotatable bonds is 4. The molecule has 1 heterocycles. The van der Waals surface area contributed by atoms with Gasteiger partial charge in [-0.05, 0) is 36.8 Å². The first-order valence-electron chi connectivity index (χ1n) is 7.92. The summed E-state index contributed by atoms with van der Waals surface area (Å²) in [5.74, 6) is -0.976. The number of halogens is 1. The molecule has 24 heavy (non-hydrogen) atoms. The number of anilines is 1. The maximum Gasteiger partial charge on any atom is 0.227 e. The minimum atomic E-state index is -0.381. The van der Waals surface area contributed by atoms with Crippen molar-refractivity contribution in [3.05, 3.63) is 65.5 Å². The molecule has 1 atom stereocenters. The third-order valence-corrected chi connectivity index (χ3v) is 4.22. The molecule has 3 rings (SSSR count). The van der Waals surface area contributed by atoms with E-state index in [1.807, 2.05) is 31.2 Å². The minimum absolute atomic E-state index is 0.114. The highest BCUT2D eigenvalue weighted by Crippen LogP contribution is 2.25. The van der Waals surface area contributed by atoms with Crippen LogP contribution in [0, 0.1) is 18.7 Å². The molecule has 0 spiro atoms. The summed E-state index contributed by atoms with van der Waals surface area (Å²) in [6.07, 6.45) is 0.178. The van der Waals surface area contributed by atoms with E-state index >= 15 is 0 Å². The van der Waals surface area contributed by atoms with Crippen LogP contribution >= 0.6 is 0 Å². The molecule has 0 bridgehead atoms. The number of aryl methyl sites for hydroxylation is 1. The summed E-state index contributed by atoms with van der Waals surface area (Å²) in [5, 5.41) is 2.88. The van der Waals surface area contributed by atoms with Crippen LogP contribution in [0.5, 0.6) is 0 Å². The lowest BCUT2D eigenvalue weighted by atomic mass is 10.1. The van der Waals surface area contributed by atoms with Gasteiger partial charge in [-0.3, -0.25) is 9.59 Å². The first kappa shape index (κ1) is 16.2. The smallest absolute Gasteiger partial charge is 0.227 e.